The molecule has 3 rings (SSSR count). The molecular weight excluding hydrogens is 256 g/mol. The van der Waals surface area contributed by atoms with Crippen molar-refractivity contribution in [2.45, 2.75) is 25.0 Å². The van der Waals surface area contributed by atoms with E-state index in [0.29, 0.717) is 23.7 Å². The van der Waals surface area contributed by atoms with Gasteiger partial charge in [0.15, 0.2) is 0 Å². The fourth-order valence-corrected chi connectivity index (χ4v) is 2.67. The molecule has 2 amide bonds. The van der Waals surface area contributed by atoms with Crippen molar-refractivity contribution in [3.05, 3.63) is 35.4 Å². The van der Waals surface area contributed by atoms with Gasteiger partial charge >= 0.3 is 0 Å². The van der Waals surface area contributed by atoms with Gasteiger partial charge in [0.05, 0.1) is 23.8 Å². The molecule has 0 aromatic heterocycles. The number of nitrogens with zero attached hydrogens (tertiary/aromatic N) is 2. The highest BCUT2D eigenvalue weighted by Crippen LogP contribution is 2.26. The van der Waals surface area contributed by atoms with Gasteiger partial charge in [0, 0.05) is 12.6 Å². The second-order valence-corrected chi connectivity index (χ2v) is 5.59. The maximum absolute atomic E-state index is 12.2. The third kappa shape index (κ3) is 2.34. The van der Waals surface area contributed by atoms with Gasteiger partial charge in [0.2, 0.25) is 0 Å². The average Bonchev–Trinajstić information content (AvgIpc) is 3.25. The van der Waals surface area contributed by atoms with Gasteiger partial charge in [-0.05, 0) is 32.0 Å². The van der Waals surface area contributed by atoms with E-state index in [1.54, 1.807) is 24.3 Å². The number of hydrogen-bond acceptors (Lipinski definition) is 4. The monoisotopic (exact) mass is 274 g/mol. The SMILES string of the molecule is CN(CC(O)CN1C(=O)c2ccccc2C1=O)C1CC1. The van der Waals surface area contributed by atoms with Gasteiger partial charge in [-0.15, -0.1) is 0 Å². The summed E-state index contributed by atoms with van der Waals surface area (Å²) >= 11 is 0. The van der Waals surface area contributed by atoms with Crippen LogP contribution < -0.4 is 0 Å². The third-order valence-corrected chi connectivity index (χ3v) is 3.94. The molecule has 5 heteroatoms. The molecule has 1 saturated carbocycles. The predicted molar refractivity (Wildman–Crippen MR) is 73.5 cm³/mol. The first-order valence-electron chi connectivity index (χ1n) is 6.91. The minimum Gasteiger partial charge on any atom is -0.390 e. The summed E-state index contributed by atoms with van der Waals surface area (Å²) in [6.07, 6.45) is 1.62. The zero-order chi connectivity index (χ0) is 14.3. The summed E-state index contributed by atoms with van der Waals surface area (Å²) in [5.41, 5.74) is 0.862. The smallest absolute Gasteiger partial charge is 0.261 e. The molecule has 1 heterocycles. The minimum atomic E-state index is -0.706. The summed E-state index contributed by atoms with van der Waals surface area (Å²) in [6.45, 7) is 0.543. The van der Waals surface area contributed by atoms with Crippen molar-refractivity contribution in [3.63, 3.8) is 0 Å². The molecule has 1 N–H and O–H groups in total. The van der Waals surface area contributed by atoms with Gasteiger partial charge in [0.1, 0.15) is 0 Å². The van der Waals surface area contributed by atoms with Crippen molar-refractivity contribution in [2.24, 2.45) is 0 Å². The lowest BCUT2D eigenvalue weighted by Crippen LogP contribution is -2.42. The number of fused-ring (bicyclic) bond motifs is 1. The first kappa shape index (κ1) is 13.3. The van der Waals surface area contributed by atoms with Crippen LogP contribution in [0.1, 0.15) is 33.6 Å². The summed E-state index contributed by atoms with van der Waals surface area (Å²) in [4.78, 5) is 27.5. The number of aliphatic hydroxyl groups excluding tert-OH is 1. The first-order chi connectivity index (χ1) is 9.58. The molecule has 1 atom stereocenters. The van der Waals surface area contributed by atoms with Crippen LogP contribution in [-0.2, 0) is 0 Å². The van der Waals surface area contributed by atoms with E-state index in [2.05, 4.69) is 4.90 Å². The largest absolute Gasteiger partial charge is 0.390 e. The fourth-order valence-electron chi connectivity index (χ4n) is 2.67. The highest BCUT2D eigenvalue weighted by molar-refractivity contribution is 6.21. The average molecular weight is 274 g/mol. The molecule has 1 aromatic rings. The number of carbonyl (C=O) groups is 2. The number of aliphatic hydroxyl groups is 1. The van der Waals surface area contributed by atoms with Gasteiger partial charge < -0.3 is 10.0 Å². The molecule has 20 heavy (non-hydrogen) atoms. The lowest BCUT2D eigenvalue weighted by molar-refractivity contribution is 0.0488. The standard InChI is InChI=1S/C15H18N2O3/c1-16(10-6-7-10)8-11(18)9-17-14(19)12-4-2-3-5-13(12)15(17)20/h2-5,10-11,18H,6-9H2,1H3. The Morgan fingerprint density at radius 2 is 1.80 bits per heavy atom. The zero-order valence-corrected chi connectivity index (χ0v) is 11.5. The molecule has 1 unspecified atom stereocenters. The minimum absolute atomic E-state index is 0.0589. The Morgan fingerprint density at radius 3 is 2.30 bits per heavy atom. The summed E-state index contributed by atoms with van der Waals surface area (Å²) < 4.78 is 0. The molecule has 0 saturated heterocycles. The van der Waals surface area contributed by atoms with E-state index in [4.69, 9.17) is 0 Å². The number of carbonyl (C=O) groups excluding carboxylic acids is 2. The van der Waals surface area contributed by atoms with Crippen molar-refractivity contribution in [1.29, 1.82) is 0 Å². The van der Waals surface area contributed by atoms with E-state index in [1.807, 2.05) is 7.05 Å². The fraction of sp³-hybridized carbons (Fsp3) is 0.467. The molecular formula is C15H18N2O3. The summed E-state index contributed by atoms with van der Waals surface area (Å²) in [5.74, 6) is -0.613. The normalized spacial score (nSPS) is 19.6. The Labute approximate surface area is 117 Å². The van der Waals surface area contributed by atoms with Crippen LogP contribution in [0.5, 0.6) is 0 Å². The molecule has 106 valence electrons. The number of imide groups is 1. The molecule has 1 aliphatic heterocycles. The number of amides is 2. The molecule has 1 fully saturated rings. The first-order valence-corrected chi connectivity index (χ1v) is 6.91. The van der Waals surface area contributed by atoms with Crippen molar-refractivity contribution >= 4 is 11.8 Å². The lowest BCUT2D eigenvalue weighted by atomic mass is 10.1. The van der Waals surface area contributed by atoms with Crippen molar-refractivity contribution in [3.8, 4) is 0 Å². The number of hydrogen-bond donors (Lipinski definition) is 1. The molecule has 1 aliphatic carbocycles. The molecule has 0 radical (unpaired) electrons. The number of benzene rings is 1. The van der Waals surface area contributed by atoms with Crippen molar-refractivity contribution in [2.75, 3.05) is 20.1 Å². The molecule has 2 aliphatic rings. The molecule has 0 spiro atoms. The van der Waals surface area contributed by atoms with Crippen molar-refractivity contribution in [1.82, 2.24) is 9.80 Å². The highest BCUT2D eigenvalue weighted by Gasteiger charge is 2.36. The maximum atomic E-state index is 12.2. The lowest BCUT2D eigenvalue weighted by Gasteiger charge is -2.23. The van der Waals surface area contributed by atoms with E-state index in [-0.39, 0.29) is 18.4 Å². The van der Waals surface area contributed by atoms with E-state index in [9.17, 15) is 14.7 Å². The Kier molecular flexibility index (Phi) is 3.31. The maximum Gasteiger partial charge on any atom is 0.261 e. The number of β-amino-alcohol motifs (C(OH)–C–C–N with tert-alkyl or cyclic N) is 1. The quantitative estimate of drug-likeness (QED) is 0.804. The Hall–Kier alpha value is -1.72. The second kappa shape index (κ2) is 5.00. The molecule has 0 bridgehead atoms. The van der Waals surface area contributed by atoms with E-state index < -0.39 is 6.10 Å². The predicted octanol–water partition coefficient (Wildman–Crippen LogP) is 0.738. The summed E-state index contributed by atoms with van der Waals surface area (Å²) in [7, 11) is 1.96. The van der Waals surface area contributed by atoms with Gasteiger partial charge in [-0.1, -0.05) is 12.1 Å². The van der Waals surface area contributed by atoms with Crippen LogP contribution in [0.25, 0.3) is 0 Å². The van der Waals surface area contributed by atoms with E-state index >= 15 is 0 Å². The van der Waals surface area contributed by atoms with Gasteiger partial charge in [-0.25, -0.2) is 0 Å². The Morgan fingerprint density at radius 1 is 1.25 bits per heavy atom. The summed E-state index contributed by atoms with van der Waals surface area (Å²) in [6, 6.07) is 7.33. The van der Waals surface area contributed by atoms with Gasteiger partial charge in [-0.2, -0.15) is 0 Å². The Bertz CT molecular complexity index is 519. The third-order valence-electron chi connectivity index (χ3n) is 3.94. The van der Waals surface area contributed by atoms with Crippen molar-refractivity contribution < 1.29 is 14.7 Å². The van der Waals surface area contributed by atoms with Crippen LogP contribution in [0, 0.1) is 0 Å². The molecule has 1 aromatic carbocycles. The highest BCUT2D eigenvalue weighted by atomic mass is 16.3. The number of likely N-dealkylation sites (N-methyl/N-ethyl adjacent to an activating group) is 1. The van der Waals surface area contributed by atoms with Gasteiger partial charge in [0.25, 0.3) is 11.8 Å². The molecule has 5 nitrogen and oxygen atoms in total. The van der Waals surface area contributed by atoms with E-state index in [1.165, 1.54) is 0 Å². The van der Waals surface area contributed by atoms with Crippen LogP contribution in [0.3, 0.4) is 0 Å². The van der Waals surface area contributed by atoms with Crippen LogP contribution in [-0.4, -0.2) is 59.0 Å². The summed E-state index contributed by atoms with van der Waals surface area (Å²) in [5, 5.41) is 10.1. The van der Waals surface area contributed by atoms with E-state index in [0.717, 1.165) is 17.7 Å². The number of rotatable bonds is 5. The van der Waals surface area contributed by atoms with Crippen LogP contribution in [0.15, 0.2) is 24.3 Å². The van der Waals surface area contributed by atoms with Crippen LogP contribution in [0.4, 0.5) is 0 Å². The Balaban J connectivity index is 1.66. The van der Waals surface area contributed by atoms with Crippen LogP contribution >= 0.6 is 0 Å². The second-order valence-electron chi connectivity index (χ2n) is 5.59. The topological polar surface area (TPSA) is 60.9 Å². The zero-order valence-electron chi connectivity index (χ0n) is 11.5. The van der Waals surface area contributed by atoms with Gasteiger partial charge in [-0.3, -0.25) is 14.5 Å². The van der Waals surface area contributed by atoms with Crippen LogP contribution in [0.2, 0.25) is 0 Å².